The Balaban J connectivity index is 1.39. The van der Waals surface area contributed by atoms with Crippen molar-refractivity contribution in [3.63, 3.8) is 0 Å². The molecule has 0 fully saturated rings. The zero-order valence-electron chi connectivity index (χ0n) is 19.3. The maximum absolute atomic E-state index is 12.7. The molecule has 0 atom stereocenters. The monoisotopic (exact) mass is 464 g/mol. The number of aromatic nitrogens is 2. The van der Waals surface area contributed by atoms with Gasteiger partial charge in [-0.05, 0) is 41.3 Å². The minimum absolute atomic E-state index is 0.321. The molecule has 170 valence electrons. The van der Waals surface area contributed by atoms with Gasteiger partial charge in [-0.25, -0.2) is 9.78 Å². The maximum atomic E-state index is 12.7. The molecular formula is C32H20N2O2. The van der Waals surface area contributed by atoms with Gasteiger partial charge in [-0.3, -0.25) is 4.57 Å². The van der Waals surface area contributed by atoms with E-state index in [1.54, 1.807) is 6.07 Å². The minimum atomic E-state index is -0.321. The summed E-state index contributed by atoms with van der Waals surface area (Å²) >= 11 is 0. The van der Waals surface area contributed by atoms with Crippen LogP contribution in [0.15, 0.2) is 131 Å². The molecule has 0 aliphatic heterocycles. The molecule has 0 aliphatic carbocycles. The van der Waals surface area contributed by atoms with Crippen molar-refractivity contribution in [1.29, 1.82) is 0 Å². The van der Waals surface area contributed by atoms with Crippen molar-refractivity contribution in [3.8, 4) is 28.2 Å². The highest BCUT2D eigenvalue weighted by Gasteiger charge is 2.15. The summed E-state index contributed by atoms with van der Waals surface area (Å²) in [5, 5.41) is 2.42. The second-order valence-corrected chi connectivity index (χ2v) is 8.79. The third-order valence-electron chi connectivity index (χ3n) is 6.68. The molecule has 5 aromatic carbocycles. The van der Waals surface area contributed by atoms with Gasteiger partial charge in [0.2, 0.25) is 0 Å². The van der Waals surface area contributed by atoms with Gasteiger partial charge < -0.3 is 4.42 Å². The lowest BCUT2D eigenvalue weighted by atomic mass is 9.99. The zero-order chi connectivity index (χ0) is 24.1. The van der Waals surface area contributed by atoms with Gasteiger partial charge in [0.05, 0.1) is 16.4 Å². The van der Waals surface area contributed by atoms with E-state index in [1.807, 2.05) is 72.8 Å². The van der Waals surface area contributed by atoms with Gasteiger partial charge >= 0.3 is 5.63 Å². The predicted molar refractivity (Wildman–Crippen MR) is 145 cm³/mol. The highest BCUT2D eigenvalue weighted by Crippen LogP contribution is 2.34. The largest absolute Gasteiger partial charge is 0.422 e. The lowest BCUT2D eigenvalue weighted by molar-refractivity contribution is 0.570. The topological polar surface area (TPSA) is 48.0 Å². The Kier molecular flexibility index (Phi) is 4.57. The summed E-state index contributed by atoms with van der Waals surface area (Å²) < 4.78 is 8.01. The second-order valence-electron chi connectivity index (χ2n) is 8.79. The van der Waals surface area contributed by atoms with Crippen LogP contribution in [0.1, 0.15) is 0 Å². The van der Waals surface area contributed by atoms with Crippen molar-refractivity contribution in [2.24, 2.45) is 0 Å². The summed E-state index contributed by atoms with van der Waals surface area (Å²) in [5.41, 5.74) is 6.22. The molecule has 2 aromatic heterocycles. The predicted octanol–water partition coefficient (Wildman–Crippen LogP) is 7.62. The molecule has 4 heteroatoms. The molecule has 0 saturated heterocycles. The van der Waals surface area contributed by atoms with E-state index in [0.29, 0.717) is 11.0 Å². The molecule has 7 aromatic rings. The fourth-order valence-electron chi connectivity index (χ4n) is 4.99. The van der Waals surface area contributed by atoms with E-state index >= 15 is 0 Å². The third kappa shape index (κ3) is 3.16. The van der Waals surface area contributed by atoms with Crippen LogP contribution < -0.4 is 5.63 Å². The minimum Gasteiger partial charge on any atom is -0.422 e. The van der Waals surface area contributed by atoms with Crippen LogP contribution in [0.25, 0.3) is 61.0 Å². The smallest absolute Gasteiger partial charge is 0.344 e. The fourth-order valence-corrected chi connectivity index (χ4v) is 4.99. The lowest BCUT2D eigenvalue weighted by Gasteiger charge is -2.11. The quantitative estimate of drug-likeness (QED) is 0.200. The van der Waals surface area contributed by atoms with E-state index in [1.165, 1.54) is 0 Å². The summed E-state index contributed by atoms with van der Waals surface area (Å²) in [7, 11) is 0. The van der Waals surface area contributed by atoms with Crippen molar-refractivity contribution >= 4 is 32.8 Å². The highest BCUT2D eigenvalue weighted by atomic mass is 16.4. The Morgan fingerprint density at radius 2 is 1.25 bits per heavy atom. The summed E-state index contributed by atoms with van der Waals surface area (Å²) in [6.45, 7) is 0. The van der Waals surface area contributed by atoms with Crippen LogP contribution in [-0.2, 0) is 0 Å². The first-order chi connectivity index (χ1) is 17.8. The van der Waals surface area contributed by atoms with E-state index in [-0.39, 0.29) is 5.63 Å². The highest BCUT2D eigenvalue weighted by molar-refractivity contribution is 6.08. The van der Waals surface area contributed by atoms with Crippen LogP contribution in [0.4, 0.5) is 0 Å². The molecule has 4 nitrogen and oxygen atoms in total. The average Bonchev–Trinajstić information content (AvgIpc) is 3.33. The van der Waals surface area contributed by atoms with Crippen LogP contribution in [0.2, 0.25) is 0 Å². The lowest BCUT2D eigenvalue weighted by Crippen LogP contribution is -2.00. The Morgan fingerprint density at radius 3 is 2.08 bits per heavy atom. The molecule has 0 N–H and O–H groups in total. The van der Waals surface area contributed by atoms with E-state index in [2.05, 4.69) is 47.0 Å². The van der Waals surface area contributed by atoms with Gasteiger partial charge in [0.1, 0.15) is 11.4 Å². The first-order valence-electron chi connectivity index (χ1n) is 11.9. The Hall–Kier alpha value is -4.96. The maximum Gasteiger partial charge on any atom is 0.344 e. The summed E-state index contributed by atoms with van der Waals surface area (Å²) in [4.78, 5) is 17.7. The summed E-state index contributed by atoms with van der Waals surface area (Å²) in [6.07, 6.45) is 0. The van der Waals surface area contributed by atoms with Crippen molar-refractivity contribution in [1.82, 2.24) is 9.55 Å². The Morgan fingerprint density at radius 1 is 0.583 bits per heavy atom. The SMILES string of the molecule is O=c1oc2c(-c3ccc(-c4nc5ccccc5n4-c4ccccc4)cc3)cccc2c2ccccc12. The molecule has 0 unspecified atom stereocenters. The number of para-hydroxylation sites is 4. The Bertz CT molecular complexity index is 1950. The van der Waals surface area contributed by atoms with E-state index in [0.717, 1.165) is 50.0 Å². The molecule has 0 bridgehead atoms. The van der Waals surface area contributed by atoms with E-state index in [4.69, 9.17) is 9.40 Å². The number of fused-ring (bicyclic) bond motifs is 4. The van der Waals surface area contributed by atoms with Crippen LogP contribution in [-0.4, -0.2) is 9.55 Å². The molecule has 0 aliphatic rings. The number of hydrogen-bond acceptors (Lipinski definition) is 3. The number of nitrogens with zero attached hydrogens (tertiary/aromatic N) is 2. The van der Waals surface area contributed by atoms with E-state index < -0.39 is 0 Å². The van der Waals surface area contributed by atoms with Crippen molar-refractivity contribution in [3.05, 3.63) is 132 Å². The van der Waals surface area contributed by atoms with Crippen LogP contribution in [0, 0.1) is 0 Å². The third-order valence-corrected chi connectivity index (χ3v) is 6.68. The Labute approximate surface area is 206 Å². The van der Waals surface area contributed by atoms with Gasteiger partial charge in [0.15, 0.2) is 0 Å². The summed E-state index contributed by atoms with van der Waals surface area (Å²) in [5.74, 6) is 0.879. The van der Waals surface area contributed by atoms with Crippen molar-refractivity contribution in [2.45, 2.75) is 0 Å². The fraction of sp³-hybridized carbons (Fsp3) is 0. The number of imidazole rings is 1. The first-order valence-corrected chi connectivity index (χ1v) is 11.9. The standard InChI is InChI=1S/C32H20N2O2/c35-32-27-12-5-4-11-25(27)26-14-8-13-24(30(26)36-32)21-17-19-22(20-18-21)31-33-28-15-6-7-16-29(28)34(31)23-9-2-1-3-10-23/h1-20H. The molecule has 0 spiro atoms. The number of benzene rings is 5. The molecule has 0 radical (unpaired) electrons. The van der Waals surface area contributed by atoms with Gasteiger partial charge in [0, 0.05) is 22.2 Å². The molecule has 7 rings (SSSR count). The van der Waals surface area contributed by atoms with Crippen LogP contribution >= 0.6 is 0 Å². The van der Waals surface area contributed by atoms with Gasteiger partial charge in [-0.15, -0.1) is 0 Å². The first kappa shape index (κ1) is 20.4. The molecule has 2 heterocycles. The number of rotatable bonds is 3. The number of hydrogen-bond donors (Lipinski definition) is 0. The van der Waals surface area contributed by atoms with Gasteiger partial charge in [-0.1, -0.05) is 91.0 Å². The molecular weight excluding hydrogens is 444 g/mol. The van der Waals surface area contributed by atoms with Crippen LogP contribution in [0.5, 0.6) is 0 Å². The molecule has 36 heavy (non-hydrogen) atoms. The van der Waals surface area contributed by atoms with Gasteiger partial charge in [-0.2, -0.15) is 0 Å². The molecule has 0 amide bonds. The van der Waals surface area contributed by atoms with Crippen LogP contribution in [0.3, 0.4) is 0 Å². The molecule has 0 saturated carbocycles. The van der Waals surface area contributed by atoms with Crippen molar-refractivity contribution < 1.29 is 4.42 Å². The summed E-state index contributed by atoms with van der Waals surface area (Å²) in [6, 6.07) is 40.3. The van der Waals surface area contributed by atoms with Crippen molar-refractivity contribution in [2.75, 3.05) is 0 Å². The van der Waals surface area contributed by atoms with E-state index in [9.17, 15) is 4.79 Å². The average molecular weight is 465 g/mol. The second kappa shape index (κ2) is 8.07. The normalized spacial score (nSPS) is 11.4. The zero-order valence-corrected chi connectivity index (χ0v) is 19.3. The van der Waals surface area contributed by atoms with Gasteiger partial charge in [0.25, 0.3) is 0 Å².